The number of carboxylic acid groups (broad SMARTS) is 1. The molecule has 33 heavy (non-hydrogen) atoms. The van der Waals surface area contributed by atoms with Gasteiger partial charge in [-0.2, -0.15) is 0 Å². The summed E-state index contributed by atoms with van der Waals surface area (Å²) in [5.74, 6) is 0.00935. The maximum absolute atomic E-state index is 12.0. The number of oxime groups is 1. The average molecular weight is 463 g/mol. The third-order valence-electron chi connectivity index (χ3n) is 9.37. The van der Waals surface area contributed by atoms with Crippen molar-refractivity contribution in [1.29, 1.82) is 0 Å². The normalized spacial score (nSPS) is 40.6. The Labute approximate surface area is 195 Å². The molecule has 0 unspecified atom stereocenters. The standard InChI is InChI=1S/C25H38N2O6/c1-14(28)22(23(31)32)26-21(30)13-33-27-16-8-10-24(2)15(12-16)4-5-17-18-6-7-20(29)25(18,3)11-9-19(17)24/h12,14,17-20,22,28-29H,4-11,13H2,1-3H3,(H,26,30)(H,31,32)/b27-16+/t14-,17+,18-,19-,20+,22+,24+,25+/m1/s1. The van der Waals surface area contributed by atoms with Crippen molar-refractivity contribution < 1.29 is 29.7 Å². The van der Waals surface area contributed by atoms with Crippen LogP contribution in [0.15, 0.2) is 16.8 Å². The van der Waals surface area contributed by atoms with Crippen LogP contribution in [0.5, 0.6) is 0 Å². The highest BCUT2D eigenvalue weighted by Crippen LogP contribution is 2.65. The Morgan fingerprint density at radius 1 is 1.18 bits per heavy atom. The Kier molecular flexibility index (Phi) is 6.62. The number of nitrogens with one attached hydrogen (secondary N) is 1. The number of fused-ring (bicyclic) bond motifs is 5. The second-order valence-corrected chi connectivity index (χ2v) is 11.1. The Balaban J connectivity index is 1.39. The summed E-state index contributed by atoms with van der Waals surface area (Å²) >= 11 is 0. The Morgan fingerprint density at radius 3 is 2.64 bits per heavy atom. The average Bonchev–Trinajstić information content (AvgIpc) is 3.06. The van der Waals surface area contributed by atoms with Gasteiger partial charge in [0, 0.05) is 0 Å². The molecule has 0 heterocycles. The lowest BCUT2D eigenvalue weighted by Crippen LogP contribution is -2.51. The second kappa shape index (κ2) is 9.02. The van der Waals surface area contributed by atoms with Gasteiger partial charge in [0.2, 0.25) is 0 Å². The summed E-state index contributed by atoms with van der Waals surface area (Å²) in [5.41, 5.74) is 2.47. The lowest BCUT2D eigenvalue weighted by atomic mass is 9.47. The lowest BCUT2D eigenvalue weighted by molar-refractivity contribution is -0.145. The number of carbonyl (C=O) groups is 2. The van der Waals surface area contributed by atoms with Gasteiger partial charge >= 0.3 is 5.97 Å². The minimum Gasteiger partial charge on any atom is -0.480 e. The predicted molar refractivity (Wildman–Crippen MR) is 122 cm³/mol. The van der Waals surface area contributed by atoms with E-state index >= 15 is 0 Å². The van der Waals surface area contributed by atoms with Crippen LogP contribution in [-0.4, -0.2) is 57.8 Å². The molecule has 0 radical (unpaired) electrons. The maximum atomic E-state index is 12.0. The number of hydrogen-bond acceptors (Lipinski definition) is 6. The highest BCUT2D eigenvalue weighted by atomic mass is 16.6. The fourth-order valence-electron chi connectivity index (χ4n) is 7.39. The van der Waals surface area contributed by atoms with E-state index in [1.54, 1.807) is 0 Å². The van der Waals surface area contributed by atoms with Crippen molar-refractivity contribution in [3.8, 4) is 0 Å². The van der Waals surface area contributed by atoms with Crippen LogP contribution in [0.25, 0.3) is 0 Å². The maximum Gasteiger partial charge on any atom is 0.328 e. The van der Waals surface area contributed by atoms with Crippen LogP contribution < -0.4 is 5.32 Å². The SMILES string of the molecule is C[C@@H](O)[C@H](NC(=O)CO/N=C1/C=C2CC[C@H]3[C@H]4CC[C@H](O)[C@@]4(C)CC[C@H]3[C@@]2(C)CC1)C(=O)O. The van der Waals surface area contributed by atoms with Gasteiger partial charge in [0.25, 0.3) is 5.91 Å². The molecule has 4 aliphatic carbocycles. The first-order valence-corrected chi connectivity index (χ1v) is 12.3. The number of carbonyl (C=O) groups excluding carboxylic acids is 1. The van der Waals surface area contributed by atoms with Crippen LogP contribution in [-0.2, 0) is 14.4 Å². The van der Waals surface area contributed by atoms with Crippen molar-refractivity contribution in [2.75, 3.05) is 6.61 Å². The molecule has 8 atom stereocenters. The molecule has 0 saturated heterocycles. The van der Waals surface area contributed by atoms with Crippen LogP contribution in [0.2, 0.25) is 0 Å². The molecule has 184 valence electrons. The zero-order valence-corrected chi connectivity index (χ0v) is 19.9. The van der Waals surface area contributed by atoms with E-state index in [2.05, 4.69) is 30.4 Å². The quantitative estimate of drug-likeness (QED) is 0.449. The van der Waals surface area contributed by atoms with E-state index in [9.17, 15) is 19.8 Å². The smallest absolute Gasteiger partial charge is 0.328 e. The van der Waals surface area contributed by atoms with Crippen molar-refractivity contribution in [3.05, 3.63) is 11.6 Å². The Morgan fingerprint density at radius 2 is 1.94 bits per heavy atom. The van der Waals surface area contributed by atoms with E-state index in [4.69, 9.17) is 9.94 Å². The van der Waals surface area contributed by atoms with Gasteiger partial charge in [-0.05, 0) is 93.0 Å². The van der Waals surface area contributed by atoms with E-state index in [0.717, 1.165) is 50.7 Å². The summed E-state index contributed by atoms with van der Waals surface area (Å²) in [6, 6.07) is -1.38. The molecule has 1 amide bonds. The molecule has 0 bridgehead atoms. The Hall–Kier alpha value is -1.93. The molecule has 0 aromatic rings. The van der Waals surface area contributed by atoms with Gasteiger partial charge in [-0.15, -0.1) is 0 Å². The number of hydrogen-bond donors (Lipinski definition) is 4. The van der Waals surface area contributed by atoms with Crippen molar-refractivity contribution in [3.63, 3.8) is 0 Å². The fourth-order valence-corrected chi connectivity index (χ4v) is 7.39. The third kappa shape index (κ3) is 4.32. The summed E-state index contributed by atoms with van der Waals surface area (Å²) in [6.07, 6.45) is 9.11. The van der Waals surface area contributed by atoms with Gasteiger partial charge in [-0.1, -0.05) is 24.6 Å². The molecule has 3 saturated carbocycles. The van der Waals surface area contributed by atoms with E-state index in [0.29, 0.717) is 17.8 Å². The van der Waals surface area contributed by atoms with Crippen LogP contribution in [0.3, 0.4) is 0 Å². The minimum absolute atomic E-state index is 0.0852. The molecule has 8 nitrogen and oxygen atoms in total. The van der Waals surface area contributed by atoms with E-state index in [-0.39, 0.29) is 16.9 Å². The van der Waals surface area contributed by atoms with Crippen LogP contribution in [0.1, 0.15) is 72.1 Å². The molecule has 4 N–H and O–H groups in total. The predicted octanol–water partition coefficient (Wildman–Crippen LogP) is 2.63. The lowest BCUT2D eigenvalue weighted by Gasteiger charge is -2.57. The molecular formula is C25H38N2O6. The second-order valence-electron chi connectivity index (χ2n) is 11.1. The molecule has 3 fully saturated rings. The molecule has 0 aromatic carbocycles. The highest BCUT2D eigenvalue weighted by Gasteiger charge is 2.58. The molecular weight excluding hydrogens is 424 g/mol. The number of nitrogens with zero attached hydrogens (tertiary/aromatic N) is 1. The topological polar surface area (TPSA) is 128 Å². The summed E-state index contributed by atoms with van der Waals surface area (Å²) in [6.45, 7) is 5.62. The zero-order chi connectivity index (χ0) is 24.0. The number of allylic oxidation sites excluding steroid dienone is 2. The highest BCUT2D eigenvalue weighted by molar-refractivity contribution is 5.96. The van der Waals surface area contributed by atoms with Gasteiger partial charge < -0.3 is 25.5 Å². The zero-order valence-electron chi connectivity index (χ0n) is 19.9. The first-order valence-electron chi connectivity index (χ1n) is 12.3. The number of rotatable bonds is 6. The number of aliphatic carboxylic acids is 1. The number of amides is 1. The number of aliphatic hydroxyl groups excluding tert-OH is 2. The summed E-state index contributed by atoms with van der Waals surface area (Å²) in [5, 5.41) is 35.5. The van der Waals surface area contributed by atoms with Gasteiger partial charge in [0.15, 0.2) is 12.6 Å². The molecule has 8 heteroatoms. The molecule has 0 aromatic heterocycles. The molecule has 0 spiro atoms. The molecule has 4 aliphatic rings. The summed E-state index contributed by atoms with van der Waals surface area (Å²) < 4.78 is 0. The van der Waals surface area contributed by atoms with Crippen molar-refractivity contribution in [1.82, 2.24) is 5.32 Å². The largest absolute Gasteiger partial charge is 0.480 e. The minimum atomic E-state index is -1.38. The van der Waals surface area contributed by atoms with Gasteiger partial charge in [0.05, 0.1) is 17.9 Å². The monoisotopic (exact) mass is 462 g/mol. The van der Waals surface area contributed by atoms with E-state index < -0.39 is 30.6 Å². The van der Waals surface area contributed by atoms with Crippen LogP contribution in [0.4, 0.5) is 0 Å². The van der Waals surface area contributed by atoms with Crippen LogP contribution >= 0.6 is 0 Å². The van der Waals surface area contributed by atoms with E-state index in [1.165, 1.54) is 18.9 Å². The number of aliphatic hydroxyl groups is 2. The van der Waals surface area contributed by atoms with Crippen molar-refractivity contribution >= 4 is 17.6 Å². The third-order valence-corrected chi connectivity index (χ3v) is 9.37. The first kappa shape index (κ1) is 24.2. The summed E-state index contributed by atoms with van der Waals surface area (Å²) in [7, 11) is 0. The van der Waals surface area contributed by atoms with Crippen LogP contribution in [0, 0.1) is 28.6 Å². The van der Waals surface area contributed by atoms with Gasteiger partial charge in [0.1, 0.15) is 0 Å². The Bertz CT molecular complexity index is 854. The van der Waals surface area contributed by atoms with Gasteiger partial charge in [-0.25, -0.2) is 4.79 Å². The summed E-state index contributed by atoms with van der Waals surface area (Å²) in [4.78, 5) is 28.3. The first-order chi connectivity index (χ1) is 15.6. The fraction of sp³-hybridized carbons (Fsp3) is 0.800. The van der Waals surface area contributed by atoms with E-state index in [1.807, 2.05) is 0 Å². The van der Waals surface area contributed by atoms with Gasteiger partial charge in [-0.3, -0.25) is 4.79 Å². The number of carboxylic acids is 1. The van der Waals surface area contributed by atoms with Crippen molar-refractivity contribution in [2.45, 2.75) is 90.4 Å². The molecule has 4 rings (SSSR count). The van der Waals surface area contributed by atoms with Crippen molar-refractivity contribution in [2.24, 2.45) is 33.7 Å². The molecule has 0 aliphatic heterocycles.